The summed E-state index contributed by atoms with van der Waals surface area (Å²) >= 11 is 6.21. The topological polar surface area (TPSA) is 29.9 Å². The third-order valence-electron chi connectivity index (χ3n) is 2.79. The van der Waals surface area contributed by atoms with Crippen molar-refractivity contribution in [3.63, 3.8) is 0 Å². The highest BCUT2D eigenvalue weighted by molar-refractivity contribution is 6.32. The molecule has 19 heavy (non-hydrogen) atoms. The maximum atomic E-state index is 6.21. The summed E-state index contributed by atoms with van der Waals surface area (Å²) in [5.74, 6) is 0. The molecule has 3 nitrogen and oxygen atoms in total. The van der Waals surface area contributed by atoms with Crippen LogP contribution in [0.25, 0.3) is 5.69 Å². The second kappa shape index (κ2) is 5.35. The van der Waals surface area contributed by atoms with Crippen molar-refractivity contribution in [2.75, 3.05) is 0 Å². The molecule has 1 heterocycles. The lowest BCUT2D eigenvalue weighted by atomic mass is 10.1. The average molecular weight is 278 g/mol. The monoisotopic (exact) mass is 277 g/mol. The van der Waals surface area contributed by atoms with Gasteiger partial charge < -0.3 is 5.32 Å². The molecule has 0 aliphatic rings. The van der Waals surface area contributed by atoms with Crippen LogP contribution >= 0.6 is 11.6 Å². The van der Waals surface area contributed by atoms with Gasteiger partial charge in [-0.15, -0.1) is 0 Å². The fourth-order valence-electron chi connectivity index (χ4n) is 1.74. The van der Waals surface area contributed by atoms with E-state index in [0.717, 1.165) is 17.9 Å². The van der Waals surface area contributed by atoms with E-state index in [9.17, 15) is 0 Å². The summed E-state index contributed by atoms with van der Waals surface area (Å²) < 4.78 is 1.83. The molecule has 2 aromatic rings. The highest BCUT2D eigenvalue weighted by atomic mass is 35.5. The van der Waals surface area contributed by atoms with Crippen LogP contribution in [0, 0.1) is 6.92 Å². The van der Waals surface area contributed by atoms with Crippen LogP contribution in [-0.2, 0) is 6.54 Å². The minimum absolute atomic E-state index is 0.0881. The Labute approximate surface area is 119 Å². The minimum atomic E-state index is 0.0881. The van der Waals surface area contributed by atoms with Crippen molar-refractivity contribution in [1.82, 2.24) is 15.1 Å². The number of halogens is 1. The summed E-state index contributed by atoms with van der Waals surface area (Å²) in [5.41, 5.74) is 3.19. The summed E-state index contributed by atoms with van der Waals surface area (Å²) in [6, 6.07) is 7.95. The normalized spacial score (nSPS) is 11.8. The second-order valence-corrected chi connectivity index (χ2v) is 6.22. The van der Waals surface area contributed by atoms with Gasteiger partial charge in [0.05, 0.1) is 16.4 Å². The molecule has 0 aliphatic heterocycles. The van der Waals surface area contributed by atoms with Gasteiger partial charge in [-0.2, -0.15) is 5.10 Å². The molecular weight excluding hydrogens is 258 g/mol. The second-order valence-electron chi connectivity index (χ2n) is 5.81. The molecule has 1 N–H and O–H groups in total. The van der Waals surface area contributed by atoms with Crippen molar-refractivity contribution >= 4 is 11.6 Å². The number of aryl methyl sites for hydroxylation is 1. The number of rotatable bonds is 3. The van der Waals surface area contributed by atoms with E-state index in [0.29, 0.717) is 5.02 Å². The van der Waals surface area contributed by atoms with Crippen LogP contribution in [0.2, 0.25) is 5.02 Å². The van der Waals surface area contributed by atoms with E-state index in [1.807, 2.05) is 42.1 Å². The quantitative estimate of drug-likeness (QED) is 0.927. The summed E-state index contributed by atoms with van der Waals surface area (Å²) in [4.78, 5) is 0. The van der Waals surface area contributed by atoms with Gasteiger partial charge in [0.2, 0.25) is 0 Å². The van der Waals surface area contributed by atoms with Crippen LogP contribution < -0.4 is 5.32 Å². The average Bonchev–Trinajstić information content (AvgIpc) is 2.77. The molecule has 0 atom stereocenters. The fraction of sp³-hybridized carbons (Fsp3) is 0.400. The van der Waals surface area contributed by atoms with Crippen LogP contribution in [0.3, 0.4) is 0 Å². The molecule has 2 rings (SSSR count). The number of nitrogens with zero attached hydrogens (tertiary/aromatic N) is 2. The van der Waals surface area contributed by atoms with Crippen LogP contribution in [0.5, 0.6) is 0 Å². The lowest BCUT2D eigenvalue weighted by Crippen LogP contribution is -2.35. The molecule has 0 bridgehead atoms. The molecule has 4 heteroatoms. The van der Waals surface area contributed by atoms with E-state index in [1.54, 1.807) is 0 Å². The van der Waals surface area contributed by atoms with Gasteiger partial charge in [0.15, 0.2) is 0 Å². The molecule has 0 saturated carbocycles. The summed E-state index contributed by atoms with van der Waals surface area (Å²) in [5, 5.41) is 8.69. The zero-order valence-electron chi connectivity index (χ0n) is 11.9. The van der Waals surface area contributed by atoms with Gasteiger partial charge in [-0.25, -0.2) is 4.68 Å². The Bertz CT molecular complexity index is 567. The van der Waals surface area contributed by atoms with E-state index < -0.39 is 0 Å². The van der Waals surface area contributed by atoms with E-state index in [4.69, 9.17) is 11.6 Å². The molecule has 0 unspecified atom stereocenters. The fourth-order valence-corrected chi connectivity index (χ4v) is 1.95. The lowest BCUT2D eigenvalue weighted by molar-refractivity contribution is 0.420. The van der Waals surface area contributed by atoms with Crippen LogP contribution in [0.4, 0.5) is 0 Å². The van der Waals surface area contributed by atoms with E-state index in [-0.39, 0.29) is 5.54 Å². The molecule has 0 radical (unpaired) electrons. The first-order chi connectivity index (χ1) is 8.85. The van der Waals surface area contributed by atoms with Gasteiger partial charge in [0, 0.05) is 18.3 Å². The zero-order valence-corrected chi connectivity index (χ0v) is 12.6. The summed E-state index contributed by atoms with van der Waals surface area (Å²) in [7, 11) is 0. The number of hydrogen-bond donors (Lipinski definition) is 1. The van der Waals surface area contributed by atoms with Crippen LogP contribution in [0.1, 0.15) is 32.0 Å². The van der Waals surface area contributed by atoms with E-state index in [1.165, 1.54) is 5.56 Å². The van der Waals surface area contributed by atoms with Crippen molar-refractivity contribution < 1.29 is 0 Å². The SMILES string of the molecule is Cc1ccc(Cl)c(-n2ccc(CNC(C)(C)C)n2)c1. The van der Waals surface area contributed by atoms with Crippen molar-refractivity contribution in [2.45, 2.75) is 39.8 Å². The van der Waals surface area contributed by atoms with Gasteiger partial charge >= 0.3 is 0 Å². The predicted molar refractivity (Wildman–Crippen MR) is 79.9 cm³/mol. The lowest BCUT2D eigenvalue weighted by Gasteiger charge is -2.19. The first-order valence-electron chi connectivity index (χ1n) is 6.41. The van der Waals surface area contributed by atoms with Crippen molar-refractivity contribution in [1.29, 1.82) is 0 Å². The van der Waals surface area contributed by atoms with Gasteiger partial charge in [-0.3, -0.25) is 0 Å². The van der Waals surface area contributed by atoms with Gasteiger partial charge in [-0.05, 0) is 51.5 Å². The minimum Gasteiger partial charge on any atom is -0.306 e. The first kappa shape index (κ1) is 14.1. The number of nitrogens with one attached hydrogen (secondary N) is 1. The molecule has 102 valence electrons. The maximum Gasteiger partial charge on any atom is 0.0834 e. The first-order valence-corrected chi connectivity index (χ1v) is 6.79. The molecule has 0 aliphatic carbocycles. The molecule has 0 saturated heterocycles. The summed E-state index contributed by atoms with van der Waals surface area (Å²) in [6.45, 7) is 9.22. The van der Waals surface area contributed by atoms with Crippen molar-refractivity contribution in [3.8, 4) is 5.69 Å². The highest BCUT2D eigenvalue weighted by Gasteiger charge is 2.10. The third kappa shape index (κ3) is 3.82. The molecule has 1 aromatic carbocycles. The standard InChI is InChI=1S/C15H20ClN3/c1-11-5-6-13(16)14(9-11)19-8-7-12(18-19)10-17-15(2,3)4/h5-9,17H,10H2,1-4H3. The smallest absolute Gasteiger partial charge is 0.0834 e. The molecule has 0 spiro atoms. The van der Waals surface area contributed by atoms with Gasteiger partial charge in [0.1, 0.15) is 0 Å². The third-order valence-corrected chi connectivity index (χ3v) is 3.11. The number of aromatic nitrogens is 2. The Morgan fingerprint density at radius 3 is 2.68 bits per heavy atom. The largest absolute Gasteiger partial charge is 0.306 e. The van der Waals surface area contributed by atoms with Crippen LogP contribution in [-0.4, -0.2) is 15.3 Å². The van der Waals surface area contributed by atoms with Crippen LogP contribution in [0.15, 0.2) is 30.5 Å². The maximum absolute atomic E-state index is 6.21. The Morgan fingerprint density at radius 1 is 1.26 bits per heavy atom. The number of benzene rings is 1. The molecule has 1 aromatic heterocycles. The number of hydrogen-bond acceptors (Lipinski definition) is 2. The van der Waals surface area contributed by atoms with Crippen molar-refractivity contribution in [2.24, 2.45) is 0 Å². The summed E-state index contributed by atoms with van der Waals surface area (Å²) in [6.07, 6.45) is 1.94. The Hall–Kier alpha value is -1.32. The Balaban J connectivity index is 2.19. The predicted octanol–water partition coefficient (Wildman–Crippen LogP) is 3.72. The van der Waals surface area contributed by atoms with E-state index in [2.05, 4.69) is 31.2 Å². The Morgan fingerprint density at radius 2 is 2.00 bits per heavy atom. The molecule has 0 fully saturated rings. The van der Waals surface area contributed by atoms with Gasteiger partial charge in [0.25, 0.3) is 0 Å². The van der Waals surface area contributed by atoms with Crippen molar-refractivity contribution in [3.05, 3.63) is 46.7 Å². The zero-order chi connectivity index (χ0) is 14.0. The van der Waals surface area contributed by atoms with E-state index >= 15 is 0 Å². The Kier molecular flexibility index (Phi) is 3.97. The molecular formula is C15H20ClN3. The molecule has 0 amide bonds. The highest BCUT2D eigenvalue weighted by Crippen LogP contribution is 2.21. The van der Waals surface area contributed by atoms with Gasteiger partial charge in [-0.1, -0.05) is 17.7 Å².